The molecule has 2 aliphatic heterocycles. The fourth-order valence-electron chi connectivity index (χ4n) is 4.07. The molecule has 29 heavy (non-hydrogen) atoms. The Morgan fingerprint density at radius 2 is 1.66 bits per heavy atom. The first-order valence-electron chi connectivity index (χ1n) is 10.9. The summed E-state index contributed by atoms with van der Waals surface area (Å²) in [5.74, 6) is 0.664. The first kappa shape index (κ1) is 21.5. The van der Waals surface area contributed by atoms with Crippen LogP contribution in [0.5, 0.6) is 0 Å². The smallest absolute Gasteiger partial charge is 0.410 e. The number of hydrogen-bond donors (Lipinski definition) is 1. The molecule has 1 aromatic rings. The normalized spacial score (nSPS) is 17.2. The van der Waals surface area contributed by atoms with Crippen LogP contribution in [0, 0.1) is 5.92 Å². The first-order chi connectivity index (χ1) is 13.8. The number of urea groups is 1. The van der Waals surface area contributed by atoms with Gasteiger partial charge in [0.15, 0.2) is 0 Å². The minimum absolute atomic E-state index is 0.0341. The third-order valence-electron chi connectivity index (χ3n) is 5.71. The van der Waals surface area contributed by atoms with Crippen molar-refractivity contribution in [3.63, 3.8) is 0 Å². The van der Waals surface area contributed by atoms with Gasteiger partial charge in [0, 0.05) is 32.7 Å². The van der Waals surface area contributed by atoms with E-state index in [1.165, 1.54) is 11.1 Å². The maximum absolute atomic E-state index is 12.3. The SMILES string of the molecule is CC(C)(C)OC(=O)N1CCC(CCCCNC(=O)N2Cc3ccccc3C2)CC1. The van der Waals surface area contributed by atoms with E-state index < -0.39 is 5.60 Å². The Balaban J connectivity index is 1.26. The van der Waals surface area contributed by atoms with Crippen molar-refractivity contribution < 1.29 is 14.3 Å². The fraction of sp³-hybridized carbons (Fsp3) is 0.652. The summed E-state index contributed by atoms with van der Waals surface area (Å²) in [6.45, 7) is 9.41. The van der Waals surface area contributed by atoms with E-state index in [4.69, 9.17) is 4.74 Å². The Labute approximate surface area is 174 Å². The minimum atomic E-state index is -0.434. The topological polar surface area (TPSA) is 61.9 Å². The van der Waals surface area contributed by atoms with Crippen LogP contribution in [-0.2, 0) is 17.8 Å². The van der Waals surface area contributed by atoms with Crippen LogP contribution in [0.15, 0.2) is 24.3 Å². The minimum Gasteiger partial charge on any atom is -0.444 e. The summed E-state index contributed by atoms with van der Waals surface area (Å²) in [5.41, 5.74) is 2.07. The zero-order valence-electron chi connectivity index (χ0n) is 18.1. The van der Waals surface area contributed by atoms with Crippen LogP contribution in [0.2, 0.25) is 0 Å². The van der Waals surface area contributed by atoms with E-state index in [0.717, 1.165) is 51.7 Å². The van der Waals surface area contributed by atoms with Crippen molar-refractivity contribution in [2.24, 2.45) is 5.92 Å². The van der Waals surface area contributed by atoms with Crippen molar-refractivity contribution in [3.8, 4) is 0 Å². The van der Waals surface area contributed by atoms with Gasteiger partial charge in [-0.05, 0) is 57.1 Å². The lowest BCUT2D eigenvalue weighted by Crippen LogP contribution is -2.41. The Morgan fingerprint density at radius 3 is 2.24 bits per heavy atom. The summed E-state index contributed by atoms with van der Waals surface area (Å²) in [6, 6.07) is 8.27. The van der Waals surface area contributed by atoms with Gasteiger partial charge >= 0.3 is 12.1 Å². The number of benzene rings is 1. The van der Waals surface area contributed by atoms with Crippen molar-refractivity contribution in [1.29, 1.82) is 0 Å². The van der Waals surface area contributed by atoms with Crippen molar-refractivity contribution in [2.75, 3.05) is 19.6 Å². The monoisotopic (exact) mass is 401 g/mol. The molecule has 3 amide bonds. The van der Waals surface area contributed by atoms with Crippen molar-refractivity contribution in [2.45, 2.75) is 71.6 Å². The molecule has 6 nitrogen and oxygen atoms in total. The highest BCUT2D eigenvalue weighted by molar-refractivity contribution is 5.75. The number of rotatable bonds is 5. The Hall–Kier alpha value is -2.24. The quantitative estimate of drug-likeness (QED) is 0.738. The van der Waals surface area contributed by atoms with Crippen LogP contribution in [0.3, 0.4) is 0 Å². The standard InChI is InChI=1S/C23H35N3O3/c1-23(2,3)29-22(28)25-14-11-18(12-15-25)8-6-7-13-24-21(27)26-16-19-9-4-5-10-20(19)17-26/h4-5,9-10,18H,6-8,11-17H2,1-3H3,(H,24,27). The molecule has 1 saturated heterocycles. The summed E-state index contributed by atoms with van der Waals surface area (Å²) in [5, 5.41) is 3.06. The van der Waals surface area contributed by atoms with E-state index in [9.17, 15) is 9.59 Å². The number of hydrogen-bond acceptors (Lipinski definition) is 3. The number of nitrogens with one attached hydrogen (secondary N) is 1. The van der Waals surface area contributed by atoms with Crippen molar-refractivity contribution in [3.05, 3.63) is 35.4 Å². The number of likely N-dealkylation sites (tertiary alicyclic amines) is 1. The zero-order valence-corrected chi connectivity index (χ0v) is 18.1. The molecule has 2 aliphatic rings. The van der Waals surface area contributed by atoms with Crippen LogP contribution in [0.4, 0.5) is 9.59 Å². The number of piperidine rings is 1. The fourth-order valence-corrected chi connectivity index (χ4v) is 4.07. The Morgan fingerprint density at radius 1 is 1.03 bits per heavy atom. The molecule has 0 aliphatic carbocycles. The van der Waals surface area contributed by atoms with Crippen molar-refractivity contribution in [1.82, 2.24) is 15.1 Å². The van der Waals surface area contributed by atoms with Crippen molar-refractivity contribution >= 4 is 12.1 Å². The van der Waals surface area contributed by atoms with Gasteiger partial charge in [0.25, 0.3) is 0 Å². The molecule has 0 radical (unpaired) electrons. The van der Waals surface area contributed by atoms with Crippen LogP contribution >= 0.6 is 0 Å². The summed E-state index contributed by atoms with van der Waals surface area (Å²) in [4.78, 5) is 28.2. The molecular formula is C23H35N3O3. The number of ether oxygens (including phenoxy) is 1. The molecule has 0 unspecified atom stereocenters. The highest BCUT2D eigenvalue weighted by atomic mass is 16.6. The molecule has 1 fully saturated rings. The average molecular weight is 402 g/mol. The third kappa shape index (κ3) is 6.38. The number of unbranched alkanes of at least 4 members (excludes halogenated alkanes) is 1. The van der Waals surface area contributed by atoms with Gasteiger partial charge in [-0.1, -0.05) is 37.1 Å². The molecule has 0 bridgehead atoms. The largest absolute Gasteiger partial charge is 0.444 e. The number of nitrogens with zero attached hydrogens (tertiary/aromatic N) is 2. The zero-order chi connectivity index (χ0) is 20.9. The molecule has 1 aromatic carbocycles. The van der Waals surface area contributed by atoms with Gasteiger partial charge in [0.1, 0.15) is 5.60 Å². The first-order valence-corrected chi connectivity index (χ1v) is 10.9. The van der Waals surface area contributed by atoms with E-state index in [-0.39, 0.29) is 12.1 Å². The maximum Gasteiger partial charge on any atom is 0.410 e. The number of carbonyl (C=O) groups is 2. The van der Waals surface area contributed by atoms with Gasteiger partial charge < -0.3 is 19.9 Å². The molecule has 0 aromatic heterocycles. The summed E-state index contributed by atoms with van der Waals surface area (Å²) >= 11 is 0. The van der Waals surface area contributed by atoms with Gasteiger partial charge in [0.05, 0.1) is 0 Å². The molecule has 2 heterocycles. The second kappa shape index (κ2) is 9.51. The van der Waals surface area contributed by atoms with Gasteiger partial charge in [0.2, 0.25) is 0 Å². The van der Waals surface area contributed by atoms with Crippen LogP contribution in [0.1, 0.15) is 64.0 Å². The second-order valence-corrected chi connectivity index (χ2v) is 9.26. The van der Waals surface area contributed by atoms with E-state index in [0.29, 0.717) is 19.0 Å². The summed E-state index contributed by atoms with van der Waals surface area (Å²) < 4.78 is 5.45. The van der Waals surface area contributed by atoms with Gasteiger partial charge in [-0.3, -0.25) is 0 Å². The third-order valence-corrected chi connectivity index (χ3v) is 5.71. The average Bonchev–Trinajstić information content (AvgIpc) is 3.11. The summed E-state index contributed by atoms with van der Waals surface area (Å²) in [6.07, 6.45) is 5.15. The second-order valence-electron chi connectivity index (χ2n) is 9.26. The molecular weight excluding hydrogens is 366 g/mol. The van der Waals surface area contributed by atoms with Gasteiger partial charge in [-0.15, -0.1) is 0 Å². The lowest BCUT2D eigenvalue weighted by molar-refractivity contribution is 0.0180. The maximum atomic E-state index is 12.3. The van der Waals surface area contributed by atoms with E-state index in [1.54, 1.807) is 0 Å². The lowest BCUT2D eigenvalue weighted by Gasteiger charge is -2.33. The molecule has 160 valence electrons. The molecule has 1 N–H and O–H groups in total. The molecule has 0 saturated carbocycles. The number of fused-ring (bicyclic) bond motifs is 1. The highest BCUT2D eigenvalue weighted by Crippen LogP contribution is 2.24. The molecule has 0 spiro atoms. The molecule has 3 rings (SSSR count). The predicted molar refractivity (Wildman–Crippen MR) is 113 cm³/mol. The van der Waals surface area contributed by atoms with Crippen LogP contribution in [-0.4, -0.2) is 47.2 Å². The Bertz CT molecular complexity index is 681. The Kier molecular flexibility index (Phi) is 7.04. The van der Waals surface area contributed by atoms with E-state index in [1.807, 2.05) is 42.7 Å². The predicted octanol–water partition coefficient (Wildman–Crippen LogP) is 4.53. The van der Waals surface area contributed by atoms with E-state index in [2.05, 4.69) is 17.4 Å². The van der Waals surface area contributed by atoms with Crippen LogP contribution in [0.25, 0.3) is 0 Å². The number of amides is 3. The highest BCUT2D eigenvalue weighted by Gasteiger charge is 2.26. The van der Waals surface area contributed by atoms with E-state index >= 15 is 0 Å². The lowest BCUT2D eigenvalue weighted by atomic mass is 9.92. The van der Waals surface area contributed by atoms with Gasteiger partial charge in [-0.25, -0.2) is 9.59 Å². The molecule has 0 atom stereocenters. The number of carbonyl (C=O) groups excluding carboxylic acids is 2. The summed E-state index contributed by atoms with van der Waals surface area (Å²) in [7, 11) is 0. The van der Waals surface area contributed by atoms with Gasteiger partial charge in [-0.2, -0.15) is 0 Å². The molecule has 6 heteroatoms. The van der Waals surface area contributed by atoms with Crippen LogP contribution < -0.4 is 5.32 Å².